The molecule has 0 saturated carbocycles. The molecule has 5 heteroatoms. The SMILES string of the molecule is CC(C)C(=O)N[C@@H](Cc1ccc(C#N)cc1)C(N)=O. The van der Waals surface area contributed by atoms with Gasteiger partial charge in [-0.2, -0.15) is 5.26 Å². The van der Waals surface area contributed by atoms with E-state index in [2.05, 4.69) is 5.32 Å². The van der Waals surface area contributed by atoms with Crippen LogP contribution in [0, 0.1) is 17.2 Å². The van der Waals surface area contributed by atoms with Gasteiger partial charge in [-0.15, -0.1) is 0 Å². The minimum Gasteiger partial charge on any atom is -0.368 e. The van der Waals surface area contributed by atoms with Gasteiger partial charge >= 0.3 is 0 Å². The van der Waals surface area contributed by atoms with Crippen molar-refractivity contribution < 1.29 is 9.59 Å². The summed E-state index contributed by atoms with van der Waals surface area (Å²) >= 11 is 0. The van der Waals surface area contributed by atoms with Gasteiger partial charge in [0.15, 0.2) is 0 Å². The maximum atomic E-state index is 11.6. The average Bonchev–Trinajstić information content (AvgIpc) is 2.38. The first-order valence-electron chi connectivity index (χ1n) is 6.02. The van der Waals surface area contributed by atoms with Crippen molar-refractivity contribution in [3.05, 3.63) is 35.4 Å². The summed E-state index contributed by atoms with van der Waals surface area (Å²) in [5.41, 5.74) is 6.67. The first kappa shape index (κ1) is 14.7. The van der Waals surface area contributed by atoms with Crippen LogP contribution < -0.4 is 11.1 Å². The fraction of sp³-hybridized carbons (Fsp3) is 0.357. The van der Waals surface area contributed by atoms with Gasteiger partial charge in [-0.3, -0.25) is 9.59 Å². The van der Waals surface area contributed by atoms with Crippen LogP contribution in [0.1, 0.15) is 25.0 Å². The number of nitriles is 1. The number of carbonyl (C=O) groups is 2. The van der Waals surface area contributed by atoms with Gasteiger partial charge in [0.05, 0.1) is 11.6 Å². The molecule has 0 radical (unpaired) electrons. The molecule has 0 spiro atoms. The molecule has 0 saturated heterocycles. The normalized spacial score (nSPS) is 11.7. The predicted molar refractivity (Wildman–Crippen MR) is 70.8 cm³/mol. The number of benzene rings is 1. The van der Waals surface area contributed by atoms with Gasteiger partial charge in [-0.05, 0) is 17.7 Å². The van der Waals surface area contributed by atoms with Crippen LogP contribution in [0.3, 0.4) is 0 Å². The number of rotatable bonds is 5. The lowest BCUT2D eigenvalue weighted by Gasteiger charge is -2.17. The van der Waals surface area contributed by atoms with E-state index >= 15 is 0 Å². The van der Waals surface area contributed by atoms with E-state index in [0.29, 0.717) is 12.0 Å². The van der Waals surface area contributed by atoms with Crippen LogP contribution in [-0.4, -0.2) is 17.9 Å². The van der Waals surface area contributed by atoms with Crippen molar-refractivity contribution in [1.29, 1.82) is 5.26 Å². The summed E-state index contributed by atoms with van der Waals surface area (Å²) in [6.07, 6.45) is 0.319. The first-order chi connectivity index (χ1) is 8.93. The topological polar surface area (TPSA) is 96.0 Å². The van der Waals surface area contributed by atoms with E-state index in [9.17, 15) is 9.59 Å². The van der Waals surface area contributed by atoms with Crippen LogP contribution in [0.25, 0.3) is 0 Å². The molecule has 3 N–H and O–H groups in total. The first-order valence-corrected chi connectivity index (χ1v) is 6.02. The second-order valence-corrected chi connectivity index (χ2v) is 4.63. The van der Waals surface area contributed by atoms with E-state index in [1.54, 1.807) is 38.1 Å². The Labute approximate surface area is 112 Å². The van der Waals surface area contributed by atoms with Gasteiger partial charge in [0.2, 0.25) is 11.8 Å². The lowest BCUT2D eigenvalue weighted by atomic mass is 10.0. The number of hydrogen-bond donors (Lipinski definition) is 2. The summed E-state index contributed by atoms with van der Waals surface area (Å²) in [6.45, 7) is 3.49. The van der Waals surface area contributed by atoms with Crippen molar-refractivity contribution in [3.8, 4) is 6.07 Å². The lowest BCUT2D eigenvalue weighted by Crippen LogP contribution is -2.47. The smallest absolute Gasteiger partial charge is 0.240 e. The van der Waals surface area contributed by atoms with Crippen molar-refractivity contribution in [1.82, 2.24) is 5.32 Å². The molecule has 0 fully saturated rings. The second kappa shape index (κ2) is 6.55. The summed E-state index contributed by atoms with van der Waals surface area (Å²) in [7, 11) is 0. The molecule has 0 aliphatic rings. The Morgan fingerprint density at radius 1 is 1.32 bits per heavy atom. The van der Waals surface area contributed by atoms with Crippen molar-refractivity contribution in [3.63, 3.8) is 0 Å². The molecule has 0 aromatic heterocycles. The second-order valence-electron chi connectivity index (χ2n) is 4.63. The number of hydrogen-bond acceptors (Lipinski definition) is 3. The third-order valence-electron chi connectivity index (χ3n) is 2.71. The Hall–Kier alpha value is -2.35. The maximum Gasteiger partial charge on any atom is 0.240 e. The molecule has 0 aliphatic heterocycles. The molecule has 0 bridgehead atoms. The zero-order valence-corrected chi connectivity index (χ0v) is 11.0. The number of nitrogens with two attached hydrogens (primary N) is 1. The summed E-state index contributed by atoms with van der Waals surface area (Å²) in [6, 6.07) is 8.10. The molecule has 0 aliphatic carbocycles. The molecule has 100 valence electrons. The highest BCUT2D eigenvalue weighted by Gasteiger charge is 2.19. The zero-order valence-electron chi connectivity index (χ0n) is 11.0. The number of nitrogens with one attached hydrogen (secondary N) is 1. The standard InChI is InChI=1S/C14H17N3O2/c1-9(2)14(19)17-12(13(16)18)7-10-3-5-11(8-15)6-4-10/h3-6,9,12H,7H2,1-2H3,(H2,16,18)(H,17,19)/t12-/m0/s1. The molecule has 19 heavy (non-hydrogen) atoms. The summed E-state index contributed by atoms with van der Waals surface area (Å²) in [5, 5.41) is 11.3. The highest BCUT2D eigenvalue weighted by molar-refractivity contribution is 5.87. The Balaban J connectivity index is 2.75. The third kappa shape index (κ3) is 4.43. The molecule has 1 atom stereocenters. The minimum atomic E-state index is -0.733. The van der Waals surface area contributed by atoms with Crippen molar-refractivity contribution in [2.24, 2.45) is 11.7 Å². The van der Waals surface area contributed by atoms with Crippen LogP contribution >= 0.6 is 0 Å². The molecule has 5 nitrogen and oxygen atoms in total. The molecular weight excluding hydrogens is 242 g/mol. The van der Waals surface area contributed by atoms with Gasteiger partial charge in [-0.25, -0.2) is 0 Å². The van der Waals surface area contributed by atoms with Crippen molar-refractivity contribution >= 4 is 11.8 Å². The molecule has 1 rings (SSSR count). The Kier molecular flexibility index (Phi) is 5.07. The van der Waals surface area contributed by atoms with E-state index in [1.807, 2.05) is 6.07 Å². The molecule has 0 heterocycles. The van der Waals surface area contributed by atoms with E-state index < -0.39 is 11.9 Å². The highest BCUT2D eigenvalue weighted by Crippen LogP contribution is 2.07. The fourth-order valence-electron chi connectivity index (χ4n) is 1.51. The Morgan fingerprint density at radius 2 is 1.89 bits per heavy atom. The number of amides is 2. The van der Waals surface area contributed by atoms with Gasteiger partial charge in [0.1, 0.15) is 6.04 Å². The van der Waals surface area contributed by atoms with Gasteiger partial charge in [0.25, 0.3) is 0 Å². The van der Waals surface area contributed by atoms with Crippen LogP contribution in [0.15, 0.2) is 24.3 Å². The van der Waals surface area contributed by atoms with E-state index in [0.717, 1.165) is 5.56 Å². The molecule has 2 amide bonds. The number of primary amides is 1. The Morgan fingerprint density at radius 3 is 2.32 bits per heavy atom. The van der Waals surface area contributed by atoms with Crippen LogP contribution in [0.2, 0.25) is 0 Å². The summed E-state index contributed by atoms with van der Waals surface area (Å²) in [5.74, 6) is -0.987. The number of nitrogens with zero attached hydrogens (tertiary/aromatic N) is 1. The van der Waals surface area contributed by atoms with E-state index in [-0.39, 0.29) is 11.8 Å². The molecule has 1 aromatic rings. The van der Waals surface area contributed by atoms with E-state index in [1.165, 1.54) is 0 Å². The largest absolute Gasteiger partial charge is 0.368 e. The van der Waals surface area contributed by atoms with Crippen molar-refractivity contribution in [2.45, 2.75) is 26.3 Å². The van der Waals surface area contributed by atoms with Gasteiger partial charge in [0, 0.05) is 12.3 Å². The zero-order chi connectivity index (χ0) is 14.4. The summed E-state index contributed by atoms with van der Waals surface area (Å²) < 4.78 is 0. The maximum absolute atomic E-state index is 11.6. The average molecular weight is 259 g/mol. The Bertz CT molecular complexity index is 500. The van der Waals surface area contributed by atoms with Crippen molar-refractivity contribution in [2.75, 3.05) is 0 Å². The predicted octanol–water partition coefficient (Wildman–Crippen LogP) is 0.727. The summed E-state index contributed by atoms with van der Waals surface area (Å²) in [4.78, 5) is 22.9. The van der Waals surface area contributed by atoms with E-state index in [4.69, 9.17) is 11.0 Å². The van der Waals surface area contributed by atoms with Gasteiger partial charge < -0.3 is 11.1 Å². The quantitative estimate of drug-likeness (QED) is 0.815. The highest BCUT2D eigenvalue weighted by atomic mass is 16.2. The third-order valence-corrected chi connectivity index (χ3v) is 2.71. The van der Waals surface area contributed by atoms with Gasteiger partial charge in [-0.1, -0.05) is 26.0 Å². The van der Waals surface area contributed by atoms with Crippen LogP contribution in [0.4, 0.5) is 0 Å². The number of carbonyl (C=O) groups excluding carboxylic acids is 2. The minimum absolute atomic E-state index is 0.206. The monoisotopic (exact) mass is 259 g/mol. The van der Waals surface area contributed by atoms with Crippen LogP contribution in [0.5, 0.6) is 0 Å². The lowest BCUT2D eigenvalue weighted by molar-refractivity contribution is -0.129. The molecule has 1 aromatic carbocycles. The molecule has 0 unspecified atom stereocenters. The molecular formula is C14H17N3O2. The van der Waals surface area contributed by atoms with Crippen LogP contribution in [-0.2, 0) is 16.0 Å². The fourth-order valence-corrected chi connectivity index (χ4v) is 1.51.